The summed E-state index contributed by atoms with van der Waals surface area (Å²) in [6, 6.07) is 2.01. The first-order chi connectivity index (χ1) is 8.42. The number of methoxy groups -OCH3 is 2. The number of rotatable bonds is 4. The summed E-state index contributed by atoms with van der Waals surface area (Å²) in [5.41, 5.74) is 5.70. The van der Waals surface area contributed by atoms with E-state index in [1.807, 2.05) is 19.9 Å². The lowest BCUT2D eigenvalue weighted by molar-refractivity contribution is 0.352. The maximum Gasteiger partial charge on any atom is 0.163 e. The minimum atomic E-state index is 0.765. The molecule has 0 atom stereocenters. The number of ether oxygens (including phenoxy) is 2. The molecule has 0 radical (unpaired) electrons. The lowest BCUT2D eigenvalue weighted by Crippen LogP contribution is -1.97. The quantitative estimate of drug-likeness (QED) is 0.737. The van der Waals surface area contributed by atoms with Gasteiger partial charge in [-0.1, -0.05) is 18.2 Å². The summed E-state index contributed by atoms with van der Waals surface area (Å²) in [5, 5.41) is 0. The predicted octanol–water partition coefficient (Wildman–Crippen LogP) is 4.30. The number of hydrogen-bond donors (Lipinski definition) is 0. The summed E-state index contributed by atoms with van der Waals surface area (Å²) in [4.78, 5) is 0. The van der Waals surface area contributed by atoms with Crippen molar-refractivity contribution in [3.05, 3.63) is 40.5 Å². The van der Waals surface area contributed by atoms with Crippen molar-refractivity contribution >= 4 is 6.08 Å². The average molecular weight is 246 g/mol. The molecule has 0 aliphatic rings. The molecular formula is C16H22O2. The Morgan fingerprint density at radius 2 is 1.72 bits per heavy atom. The fraction of sp³-hybridized carbons (Fsp3) is 0.375. The van der Waals surface area contributed by atoms with E-state index in [9.17, 15) is 0 Å². The Hall–Kier alpha value is -1.70. The van der Waals surface area contributed by atoms with E-state index in [-0.39, 0.29) is 0 Å². The minimum absolute atomic E-state index is 0.765. The van der Waals surface area contributed by atoms with Crippen LogP contribution in [0, 0.1) is 13.8 Å². The third-order valence-corrected chi connectivity index (χ3v) is 3.32. The van der Waals surface area contributed by atoms with Gasteiger partial charge in [0.25, 0.3) is 0 Å². The Bertz CT molecular complexity index is 496. The van der Waals surface area contributed by atoms with Crippen LogP contribution in [0.2, 0.25) is 0 Å². The molecule has 0 unspecified atom stereocenters. The molecule has 0 saturated heterocycles. The molecule has 0 spiro atoms. The van der Waals surface area contributed by atoms with Crippen LogP contribution < -0.4 is 9.47 Å². The van der Waals surface area contributed by atoms with Crippen LogP contribution in [0.15, 0.2) is 23.8 Å². The van der Waals surface area contributed by atoms with Gasteiger partial charge in [-0.25, -0.2) is 0 Å². The molecule has 1 aromatic carbocycles. The Labute approximate surface area is 110 Å². The SMILES string of the molecule is C=C(C)/C(C)=C/c1cc(OC)c(OC)c(C)c1C. The summed E-state index contributed by atoms with van der Waals surface area (Å²) >= 11 is 0. The zero-order chi connectivity index (χ0) is 13.9. The van der Waals surface area contributed by atoms with E-state index in [0.29, 0.717) is 0 Å². The molecule has 0 aliphatic heterocycles. The monoisotopic (exact) mass is 246 g/mol. The van der Waals surface area contributed by atoms with Crippen molar-refractivity contribution in [1.29, 1.82) is 0 Å². The van der Waals surface area contributed by atoms with E-state index in [1.165, 1.54) is 11.1 Å². The molecule has 0 aliphatic carbocycles. The molecule has 18 heavy (non-hydrogen) atoms. The van der Waals surface area contributed by atoms with Crippen LogP contribution in [0.3, 0.4) is 0 Å². The van der Waals surface area contributed by atoms with Crippen LogP contribution in [0.4, 0.5) is 0 Å². The maximum absolute atomic E-state index is 5.39. The van der Waals surface area contributed by atoms with Gasteiger partial charge in [0, 0.05) is 0 Å². The second-order valence-corrected chi connectivity index (χ2v) is 4.56. The van der Waals surface area contributed by atoms with Crippen LogP contribution in [0.1, 0.15) is 30.5 Å². The van der Waals surface area contributed by atoms with E-state index in [4.69, 9.17) is 9.47 Å². The second kappa shape index (κ2) is 5.76. The molecule has 0 bridgehead atoms. The van der Waals surface area contributed by atoms with Crippen LogP contribution in [0.25, 0.3) is 6.08 Å². The van der Waals surface area contributed by atoms with Gasteiger partial charge >= 0.3 is 0 Å². The molecule has 0 heterocycles. The Morgan fingerprint density at radius 1 is 1.11 bits per heavy atom. The van der Waals surface area contributed by atoms with Gasteiger partial charge in [-0.2, -0.15) is 0 Å². The summed E-state index contributed by atoms with van der Waals surface area (Å²) in [6.45, 7) is 12.2. The number of benzene rings is 1. The topological polar surface area (TPSA) is 18.5 Å². The van der Waals surface area contributed by atoms with E-state index >= 15 is 0 Å². The van der Waals surface area contributed by atoms with Crippen molar-refractivity contribution in [2.24, 2.45) is 0 Å². The van der Waals surface area contributed by atoms with Gasteiger partial charge in [0.1, 0.15) is 0 Å². The highest BCUT2D eigenvalue weighted by Crippen LogP contribution is 2.36. The van der Waals surface area contributed by atoms with Crippen molar-refractivity contribution in [2.75, 3.05) is 14.2 Å². The van der Waals surface area contributed by atoms with Crippen molar-refractivity contribution in [1.82, 2.24) is 0 Å². The summed E-state index contributed by atoms with van der Waals surface area (Å²) < 4.78 is 10.8. The second-order valence-electron chi connectivity index (χ2n) is 4.56. The minimum Gasteiger partial charge on any atom is -0.493 e. The highest BCUT2D eigenvalue weighted by molar-refractivity contribution is 5.66. The molecule has 0 fully saturated rings. The average Bonchev–Trinajstić information content (AvgIpc) is 2.34. The third-order valence-electron chi connectivity index (χ3n) is 3.32. The van der Waals surface area contributed by atoms with Crippen molar-refractivity contribution in [2.45, 2.75) is 27.7 Å². The van der Waals surface area contributed by atoms with Gasteiger partial charge in [0.05, 0.1) is 14.2 Å². The van der Waals surface area contributed by atoms with Crippen molar-refractivity contribution in [3.63, 3.8) is 0 Å². The predicted molar refractivity (Wildman–Crippen MR) is 77.5 cm³/mol. The fourth-order valence-corrected chi connectivity index (χ4v) is 1.80. The maximum atomic E-state index is 5.39. The summed E-state index contributed by atoms with van der Waals surface area (Å²) in [7, 11) is 3.32. The Balaban J connectivity index is 3.44. The molecular weight excluding hydrogens is 224 g/mol. The van der Waals surface area contributed by atoms with Gasteiger partial charge in [0.2, 0.25) is 0 Å². The number of hydrogen-bond acceptors (Lipinski definition) is 2. The largest absolute Gasteiger partial charge is 0.493 e. The fourth-order valence-electron chi connectivity index (χ4n) is 1.80. The first-order valence-corrected chi connectivity index (χ1v) is 5.98. The van der Waals surface area contributed by atoms with Crippen LogP contribution >= 0.6 is 0 Å². The zero-order valence-electron chi connectivity index (χ0n) is 12.2. The van der Waals surface area contributed by atoms with E-state index in [0.717, 1.165) is 28.2 Å². The smallest absolute Gasteiger partial charge is 0.163 e. The van der Waals surface area contributed by atoms with Gasteiger partial charge < -0.3 is 9.47 Å². The molecule has 0 amide bonds. The lowest BCUT2D eigenvalue weighted by Gasteiger charge is -2.15. The number of allylic oxidation sites excluding steroid dienone is 2. The molecule has 0 N–H and O–H groups in total. The van der Waals surface area contributed by atoms with Gasteiger partial charge in [-0.3, -0.25) is 0 Å². The molecule has 2 nitrogen and oxygen atoms in total. The van der Waals surface area contributed by atoms with Crippen LogP contribution in [-0.4, -0.2) is 14.2 Å². The zero-order valence-corrected chi connectivity index (χ0v) is 12.2. The van der Waals surface area contributed by atoms with E-state index in [2.05, 4.69) is 26.5 Å². The summed E-state index contributed by atoms with van der Waals surface area (Å²) in [6.07, 6.45) is 2.13. The Morgan fingerprint density at radius 3 is 2.17 bits per heavy atom. The highest BCUT2D eigenvalue weighted by Gasteiger charge is 2.12. The highest BCUT2D eigenvalue weighted by atomic mass is 16.5. The molecule has 1 aromatic rings. The van der Waals surface area contributed by atoms with Gasteiger partial charge in [-0.05, 0) is 56.0 Å². The molecule has 98 valence electrons. The summed E-state index contributed by atoms with van der Waals surface area (Å²) in [5.74, 6) is 1.57. The van der Waals surface area contributed by atoms with E-state index in [1.54, 1.807) is 14.2 Å². The standard InChI is InChI=1S/C16H22O2/c1-10(2)11(3)8-14-9-15(17-6)16(18-7)13(5)12(14)4/h8-9H,1H2,2-7H3/b11-8+. The van der Waals surface area contributed by atoms with Crippen LogP contribution in [-0.2, 0) is 0 Å². The lowest BCUT2D eigenvalue weighted by atomic mass is 9.98. The van der Waals surface area contributed by atoms with E-state index < -0.39 is 0 Å². The van der Waals surface area contributed by atoms with Gasteiger partial charge in [0.15, 0.2) is 11.5 Å². The molecule has 0 aromatic heterocycles. The van der Waals surface area contributed by atoms with Crippen molar-refractivity contribution < 1.29 is 9.47 Å². The van der Waals surface area contributed by atoms with Gasteiger partial charge in [-0.15, -0.1) is 0 Å². The normalized spacial score (nSPS) is 11.3. The first-order valence-electron chi connectivity index (χ1n) is 5.98. The van der Waals surface area contributed by atoms with Crippen molar-refractivity contribution in [3.8, 4) is 11.5 Å². The third kappa shape index (κ3) is 2.76. The van der Waals surface area contributed by atoms with Crippen LogP contribution in [0.5, 0.6) is 11.5 Å². The molecule has 1 rings (SSSR count). The first kappa shape index (κ1) is 14.4. The Kier molecular flexibility index (Phi) is 4.60. The molecule has 2 heteroatoms. The molecule has 0 saturated carbocycles.